The third-order valence-corrected chi connectivity index (χ3v) is 2.86. The Hall–Kier alpha value is -2.15. The topological polar surface area (TPSA) is 41.6 Å². The van der Waals surface area contributed by atoms with Gasteiger partial charge in [-0.25, -0.2) is 9.37 Å². The molecule has 0 radical (unpaired) electrons. The Bertz CT molecular complexity index is 620. The highest BCUT2D eigenvalue weighted by atomic mass is 19.1. The molecule has 0 N–H and O–H groups in total. The zero-order chi connectivity index (χ0) is 12.6. The van der Waals surface area contributed by atoms with Crippen LogP contribution >= 0.6 is 0 Å². The highest BCUT2D eigenvalue weighted by Gasteiger charge is 2.14. The fourth-order valence-electron chi connectivity index (χ4n) is 1.81. The van der Waals surface area contributed by atoms with Crippen molar-refractivity contribution >= 4 is 0 Å². The number of hydrogen-bond acceptors (Lipinski definition) is 2. The van der Waals surface area contributed by atoms with E-state index >= 15 is 0 Å². The summed E-state index contributed by atoms with van der Waals surface area (Å²) >= 11 is 0. The lowest BCUT2D eigenvalue weighted by Gasteiger charge is -2.06. The molecule has 0 amide bonds. The maximum absolute atomic E-state index is 13.2. The molecule has 1 aromatic carbocycles. The molecular formula is C13H12FN3. The Kier molecular flexibility index (Phi) is 2.68. The highest BCUT2D eigenvalue weighted by molar-refractivity contribution is 5.66. The third kappa shape index (κ3) is 1.80. The largest absolute Gasteiger partial charge is 0.330 e. The Morgan fingerprint density at radius 3 is 2.65 bits per heavy atom. The highest BCUT2D eigenvalue weighted by Crippen LogP contribution is 2.25. The predicted octanol–water partition coefficient (Wildman–Crippen LogP) is 2.71. The van der Waals surface area contributed by atoms with Crippen LogP contribution in [-0.4, -0.2) is 9.55 Å². The molecule has 1 aromatic heterocycles. The molecule has 0 spiro atoms. The number of nitriles is 1. The van der Waals surface area contributed by atoms with Gasteiger partial charge in [-0.05, 0) is 37.6 Å². The van der Waals surface area contributed by atoms with Crippen molar-refractivity contribution in [2.75, 3.05) is 0 Å². The van der Waals surface area contributed by atoms with Gasteiger partial charge in [-0.1, -0.05) is 0 Å². The first-order valence-corrected chi connectivity index (χ1v) is 5.24. The molecule has 0 saturated carbocycles. The van der Waals surface area contributed by atoms with E-state index < -0.39 is 0 Å². The van der Waals surface area contributed by atoms with Crippen molar-refractivity contribution in [1.29, 1.82) is 5.26 Å². The molecule has 0 aliphatic heterocycles. The van der Waals surface area contributed by atoms with Crippen LogP contribution in [0.25, 0.3) is 11.3 Å². The standard InChI is InChI=1S/C13H12FN3/c1-8-6-10(4-5-11(8)14)13-12(7-15)16-9(2)17(13)3/h4-6H,1-3H3. The van der Waals surface area contributed by atoms with E-state index in [1.807, 2.05) is 18.5 Å². The number of halogens is 1. The number of nitrogens with zero attached hydrogens (tertiary/aromatic N) is 3. The van der Waals surface area contributed by atoms with Gasteiger partial charge in [-0.15, -0.1) is 0 Å². The molecule has 0 unspecified atom stereocenters. The van der Waals surface area contributed by atoms with Gasteiger partial charge >= 0.3 is 0 Å². The van der Waals surface area contributed by atoms with E-state index in [4.69, 9.17) is 5.26 Å². The van der Waals surface area contributed by atoms with E-state index in [-0.39, 0.29) is 5.82 Å². The van der Waals surface area contributed by atoms with Crippen molar-refractivity contribution in [3.8, 4) is 17.3 Å². The van der Waals surface area contributed by atoms with Crippen molar-refractivity contribution in [3.05, 3.63) is 41.1 Å². The van der Waals surface area contributed by atoms with E-state index in [0.717, 1.165) is 17.1 Å². The Labute approximate surface area is 99.1 Å². The summed E-state index contributed by atoms with van der Waals surface area (Å²) < 4.78 is 15.1. The van der Waals surface area contributed by atoms with E-state index in [9.17, 15) is 4.39 Å². The number of imidazole rings is 1. The second-order valence-corrected chi connectivity index (χ2v) is 3.99. The average molecular weight is 229 g/mol. The minimum atomic E-state index is -0.244. The van der Waals surface area contributed by atoms with E-state index in [2.05, 4.69) is 11.1 Å². The maximum Gasteiger partial charge on any atom is 0.166 e. The van der Waals surface area contributed by atoms with Gasteiger partial charge in [-0.2, -0.15) is 5.26 Å². The van der Waals surface area contributed by atoms with Crippen molar-refractivity contribution in [2.45, 2.75) is 13.8 Å². The lowest BCUT2D eigenvalue weighted by molar-refractivity contribution is 0.618. The molecule has 4 heteroatoms. The van der Waals surface area contributed by atoms with Crippen molar-refractivity contribution < 1.29 is 4.39 Å². The Morgan fingerprint density at radius 2 is 2.06 bits per heavy atom. The van der Waals surface area contributed by atoms with Crippen LogP contribution in [0.15, 0.2) is 18.2 Å². The fourth-order valence-corrected chi connectivity index (χ4v) is 1.81. The lowest BCUT2D eigenvalue weighted by Crippen LogP contribution is -1.96. The summed E-state index contributed by atoms with van der Waals surface area (Å²) in [5, 5.41) is 9.04. The maximum atomic E-state index is 13.2. The first-order valence-electron chi connectivity index (χ1n) is 5.24. The molecule has 0 aliphatic rings. The molecule has 3 nitrogen and oxygen atoms in total. The van der Waals surface area contributed by atoms with Crippen molar-refractivity contribution in [2.24, 2.45) is 7.05 Å². The summed E-state index contributed by atoms with van der Waals surface area (Å²) in [5.74, 6) is 0.518. The van der Waals surface area contributed by atoms with E-state index in [1.54, 1.807) is 19.1 Å². The summed E-state index contributed by atoms with van der Waals surface area (Å²) in [6, 6.07) is 6.87. The molecule has 0 aliphatic carbocycles. The molecule has 86 valence electrons. The van der Waals surface area contributed by atoms with Crippen LogP contribution in [0, 0.1) is 31.0 Å². The predicted molar refractivity (Wildman–Crippen MR) is 62.8 cm³/mol. The second kappa shape index (κ2) is 4.02. The second-order valence-electron chi connectivity index (χ2n) is 3.99. The summed E-state index contributed by atoms with van der Waals surface area (Å²) in [7, 11) is 1.84. The minimum Gasteiger partial charge on any atom is -0.330 e. The Morgan fingerprint density at radius 1 is 1.35 bits per heavy atom. The van der Waals surface area contributed by atoms with Crippen molar-refractivity contribution in [3.63, 3.8) is 0 Å². The summed E-state index contributed by atoms with van der Waals surface area (Å²) in [6.07, 6.45) is 0. The molecule has 0 fully saturated rings. The van der Waals surface area contributed by atoms with Gasteiger partial charge in [-0.3, -0.25) is 0 Å². The summed E-state index contributed by atoms with van der Waals surface area (Å²) in [6.45, 7) is 3.54. The van der Waals surface area contributed by atoms with Crippen LogP contribution in [0.4, 0.5) is 4.39 Å². The van der Waals surface area contributed by atoms with Crippen LogP contribution in [0.2, 0.25) is 0 Å². The van der Waals surface area contributed by atoms with Gasteiger partial charge in [0.05, 0.1) is 5.69 Å². The zero-order valence-corrected chi connectivity index (χ0v) is 9.95. The van der Waals surface area contributed by atoms with Crippen molar-refractivity contribution in [1.82, 2.24) is 9.55 Å². The fraction of sp³-hybridized carbons (Fsp3) is 0.231. The molecule has 0 bridgehead atoms. The lowest BCUT2D eigenvalue weighted by atomic mass is 10.1. The van der Waals surface area contributed by atoms with E-state index in [1.165, 1.54) is 6.07 Å². The quantitative estimate of drug-likeness (QED) is 0.754. The molecule has 0 saturated heterocycles. The van der Waals surface area contributed by atoms with Gasteiger partial charge in [0, 0.05) is 12.6 Å². The Balaban J connectivity index is 2.68. The number of aromatic nitrogens is 2. The smallest absolute Gasteiger partial charge is 0.166 e. The monoisotopic (exact) mass is 229 g/mol. The number of rotatable bonds is 1. The molecule has 1 heterocycles. The van der Waals surface area contributed by atoms with Gasteiger partial charge in [0.25, 0.3) is 0 Å². The van der Waals surface area contributed by atoms with Crippen LogP contribution in [-0.2, 0) is 7.05 Å². The number of aryl methyl sites for hydroxylation is 2. The first-order chi connectivity index (χ1) is 8.04. The van der Waals surface area contributed by atoms with Gasteiger partial charge in [0.1, 0.15) is 17.7 Å². The molecule has 0 atom stereocenters. The summed E-state index contributed by atoms with van der Waals surface area (Å²) in [4.78, 5) is 4.17. The SMILES string of the molecule is Cc1cc(-c2c(C#N)nc(C)n2C)ccc1F. The summed E-state index contributed by atoms with van der Waals surface area (Å²) in [5.41, 5.74) is 2.47. The van der Waals surface area contributed by atoms with Gasteiger partial charge in [0.2, 0.25) is 0 Å². The molecule has 2 aromatic rings. The third-order valence-electron chi connectivity index (χ3n) is 2.86. The van der Waals surface area contributed by atoms with Gasteiger partial charge < -0.3 is 4.57 Å². The molecule has 2 rings (SSSR count). The molecular weight excluding hydrogens is 217 g/mol. The minimum absolute atomic E-state index is 0.244. The van der Waals surface area contributed by atoms with Crippen LogP contribution < -0.4 is 0 Å². The zero-order valence-electron chi connectivity index (χ0n) is 9.95. The number of hydrogen-bond donors (Lipinski definition) is 0. The van der Waals surface area contributed by atoms with E-state index in [0.29, 0.717) is 11.3 Å². The first kappa shape index (κ1) is 11.3. The molecule has 17 heavy (non-hydrogen) atoms. The normalized spacial score (nSPS) is 10.3. The average Bonchev–Trinajstić information content (AvgIpc) is 2.59. The van der Waals surface area contributed by atoms with Gasteiger partial charge in [0.15, 0.2) is 5.69 Å². The number of benzene rings is 1. The van der Waals surface area contributed by atoms with Crippen LogP contribution in [0.1, 0.15) is 17.1 Å². The van der Waals surface area contributed by atoms with Crippen LogP contribution in [0.3, 0.4) is 0 Å². The van der Waals surface area contributed by atoms with Crippen LogP contribution in [0.5, 0.6) is 0 Å².